The van der Waals surface area contributed by atoms with Gasteiger partial charge < -0.3 is 19.7 Å². The van der Waals surface area contributed by atoms with Crippen LogP contribution in [0.1, 0.15) is 12.8 Å². The number of hydrogen-bond acceptors (Lipinski definition) is 6. The molecule has 172 valence electrons. The number of methoxy groups -OCH3 is 2. The van der Waals surface area contributed by atoms with Crippen molar-refractivity contribution in [2.24, 2.45) is 5.92 Å². The molecule has 0 aromatic heterocycles. The van der Waals surface area contributed by atoms with E-state index >= 15 is 0 Å². The van der Waals surface area contributed by atoms with Gasteiger partial charge in [0.1, 0.15) is 5.75 Å². The summed E-state index contributed by atoms with van der Waals surface area (Å²) in [7, 11) is -0.508. The number of sulfonamides is 1. The summed E-state index contributed by atoms with van der Waals surface area (Å²) in [5.41, 5.74) is 1.17. The van der Waals surface area contributed by atoms with Crippen molar-refractivity contribution in [3.63, 3.8) is 0 Å². The van der Waals surface area contributed by atoms with Crippen LogP contribution in [0.4, 0.5) is 11.4 Å². The zero-order chi connectivity index (χ0) is 23.1. The van der Waals surface area contributed by atoms with Gasteiger partial charge >= 0.3 is 0 Å². The monoisotopic (exact) mass is 461 g/mol. The third-order valence-electron chi connectivity index (χ3n) is 5.13. The highest BCUT2D eigenvalue weighted by molar-refractivity contribution is 7.89. The Morgan fingerprint density at radius 1 is 1.09 bits per heavy atom. The Labute approximate surface area is 187 Å². The number of nitrogens with zero attached hydrogens (tertiary/aromatic N) is 1. The van der Waals surface area contributed by atoms with E-state index in [0.717, 1.165) is 0 Å². The van der Waals surface area contributed by atoms with Crippen LogP contribution in [0.5, 0.6) is 5.75 Å². The van der Waals surface area contributed by atoms with Crippen molar-refractivity contribution in [3.05, 3.63) is 48.5 Å². The van der Waals surface area contributed by atoms with Gasteiger partial charge in [0.05, 0.1) is 17.9 Å². The highest BCUT2D eigenvalue weighted by Gasteiger charge is 2.35. The molecule has 0 radical (unpaired) electrons. The van der Waals surface area contributed by atoms with Crippen LogP contribution < -0.4 is 19.7 Å². The number of benzene rings is 2. The Morgan fingerprint density at radius 3 is 2.41 bits per heavy atom. The van der Waals surface area contributed by atoms with Crippen LogP contribution in [0.25, 0.3) is 0 Å². The first-order valence-electron chi connectivity index (χ1n) is 10.2. The molecule has 1 fully saturated rings. The largest absolute Gasteiger partial charge is 0.497 e. The Balaban J connectivity index is 1.58. The number of nitrogens with one attached hydrogen (secondary N) is 2. The first-order chi connectivity index (χ1) is 15.3. The molecule has 0 spiro atoms. The van der Waals surface area contributed by atoms with Crippen LogP contribution in [0.2, 0.25) is 0 Å². The minimum Gasteiger partial charge on any atom is -0.497 e. The molecule has 1 saturated heterocycles. The molecule has 9 nitrogen and oxygen atoms in total. The molecular weight excluding hydrogens is 434 g/mol. The van der Waals surface area contributed by atoms with Crippen molar-refractivity contribution in [3.8, 4) is 5.75 Å². The molecule has 2 N–H and O–H groups in total. The van der Waals surface area contributed by atoms with E-state index in [4.69, 9.17) is 9.47 Å². The number of carbonyl (C=O) groups excluding carboxylic acids is 2. The summed E-state index contributed by atoms with van der Waals surface area (Å²) < 4.78 is 37.1. The maximum Gasteiger partial charge on any atom is 0.240 e. The number of ether oxygens (including phenoxy) is 2. The smallest absolute Gasteiger partial charge is 0.240 e. The second-order valence-electron chi connectivity index (χ2n) is 7.36. The number of hydrogen-bond donors (Lipinski definition) is 2. The van der Waals surface area contributed by atoms with Gasteiger partial charge in [0.25, 0.3) is 0 Å². The van der Waals surface area contributed by atoms with Gasteiger partial charge in [-0.25, -0.2) is 13.1 Å². The fraction of sp³-hybridized carbons (Fsp3) is 0.364. The lowest BCUT2D eigenvalue weighted by atomic mass is 10.1. The Kier molecular flexibility index (Phi) is 7.84. The molecule has 3 rings (SSSR count). The van der Waals surface area contributed by atoms with E-state index < -0.39 is 15.9 Å². The standard InChI is InChI=1S/C22H27N3O6S/c1-30-13-3-12-23-32(28,29)20-10-4-17(5-11-20)24-22(27)16-14-21(26)25(15-16)18-6-8-19(31-2)9-7-18/h4-11,16,23H,3,12-15H2,1-2H3,(H,24,27)/t16-/m0/s1. The van der Waals surface area contributed by atoms with Crippen LogP contribution in [-0.4, -0.2) is 54.1 Å². The Bertz CT molecular complexity index is 1040. The molecule has 0 bridgehead atoms. The lowest BCUT2D eigenvalue weighted by Gasteiger charge is -2.17. The summed E-state index contributed by atoms with van der Waals surface area (Å²) >= 11 is 0. The molecule has 0 saturated carbocycles. The summed E-state index contributed by atoms with van der Waals surface area (Å²) in [5.74, 6) is -0.236. The van der Waals surface area contributed by atoms with Gasteiger partial charge in [0, 0.05) is 44.6 Å². The first kappa shape index (κ1) is 23.7. The van der Waals surface area contributed by atoms with Gasteiger partial charge in [-0.05, 0) is 55.0 Å². The second-order valence-corrected chi connectivity index (χ2v) is 9.13. The fourth-order valence-corrected chi connectivity index (χ4v) is 4.44. The van der Waals surface area contributed by atoms with Crippen LogP contribution >= 0.6 is 0 Å². The maximum absolute atomic E-state index is 12.7. The van der Waals surface area contributed by atoms with Gasteiger partial charge in [0.2, 0.25) is 21.8 Å². The van der Waals surface area contributed by atoms with Crippen molar-refractivity contribution in [2.75, 3.05) is 44.1 Å². The average molecular weight is 462 g/mol. The van der Waals surface area contributed by atoms with Gasteiger partial charge in [-0.15, -0.1) is 0 Å². The highest BCUT2D eigenvalue weighted by Crippen LogP contribution is 2.27. The van der Waals surface area contributed by atoms with E-state index in [1.807, 2.05) is 0 Å². The van der Waals surface area contributed by atoms with Crippen molar-refractivity contribution in [2.45, 2.75) is 17.7 Å². The molecule has 1 aliphatic heterocycles. The molecule has 32 heavy (non-hydrogen) atoms. The van der Waals surface area contributed by atoms with Crippen LogP contribution in [-0.2, 0) is 24.3 Å². The maximum atomic E-state index is 12.7. The average Bonchev–Trinajstić information content (AvgIpc) is 3.19. The van der Waals surface area contributed by atoms with E-state index in [0.29, 0.717) is 30.2 Å². The summed E-state index contributed by atoms with van der Waals surface area (Å²) in [6.45, 7) is 1.01. The molecule has 2 amide bonds. The van der Waals surface area contributed by atoms with Crippen molar-refractivity contribution in [1.82, 2.24) is 4.72 Å². The Hall–Kier alpha value is -2.95. The topological polar surface area (TPSA) is 114 Å². The molecule has 1 aliphatic rings. The van der Waals surface area contributed by atoms with E-state index in [1.54, 1.807) is 43.4 Å². The number of anilines is 2. The van der Waals surface area contributed by atoms with Crippen LogP contribution in [0.3, 0.4) is 0 Å². The Morgan fingerprint density at radius 2 is 1.78 bits per heavy atom. The van der Waals surface area contributed by atoms with Crippen molar-refractivity contribution in [1.29, 1.82) is 0 Å². The minimum atomic E-state index is -3.63. The molecule has 0 unspecified atom stereocenters. The zero-order valence-electron chi connectivity index (χ0n) is 18.0. The molecule has 10 heteroatoms. The molecule has 0 aliphatic carbocycles. The van der Waals surface area contributed by atoms with Gasteiger partial charge in [-0.1, -0.05) is 0 Å². The quantitative estimate of drug-likeness (QED) is 0.523. The fourth-order valence-electron chi connectivity index (χ4n) is 3.36. The predicted octanol–water partition coefficient (Wildman–Crippen LogP) is 2.00. The van der Waals surface area contributed by atoms with E-state index in [2.05, 4.69) is 10.0 Å². The van der Waals surface area contributed by atoms with E-state index in [9.17, 15) is 18.0 Å². The summed E-state index contributed by atoms with van der Waals surface area (Å²) in [5, 5.41) is 2.76. The number of carbonyl (C=O) groups is 2. The molecule has 2 aromatic rings. The minimum absolute atomic E-state index is 0.106. The number of amides is 2. The molecular formula is C22H27N3O6S. The summed E-state index contributed by atoms with van der Waals surface area (Å²) in [6.07, 6.45) is 0.674. The van der Waals surface area contributed by atoms with Gasteiger partial charge in [0.15, 0.2) is 0 Å². The summed E-state index contributed by atoms with van der Waals surface area (Å²) in [6, 6.07) is 13.0. The summed E-state index contributed by atoms with van der Waals surface area (Å²) in [4.78, 5) is 26.8. The molecule has 1 atom stereocenters. The lowest BCUT2D eigenvalue weighted by Crippen LogP contribution is -2.28. The highest BCUT2D eigenvalue weighted by atomic mass is 32.2. The van der Waals surface area contributed by atoms with Crippen LogP contribution in [0.15, 0.2) is 53.4 Å². The molecule has 1 heterocycles. The van der Waals surface area contributed by atoms with Crippen molar-refractivity contribution >= 4 is 33.2 Å². The van der Waals surface area contributed by atoms with Gasteiger partial charge in [-0.2, -0.15) is 0 Å². The SMILES string of the molecule is COCCCNS(=O)(=O)c1ccc(NC(=O)[C@H]2CC(=O)N(c3ccc(OC)cc3)C2)cc1. The lowest BCUT2D eigenvalue weighted by molar-refractivity contribution is -0.122. The normalized spacial score (nSPS) is 16.2. The second kappa shape index (κ2) is 10.6. The van der Waals surface area contributed by atoms with Gasteiger partial charge in [-0.3, -0.25) is 9.59 Å². The molecule has 2 aromatic carbocycles. The third kappa shape index (κ3) is 5.84. The third-order valence-corrected chi connectivity index (χ3v) is 6.61. The van der Waals surface area contributed by atoms with Crippen molar-refractivity contribution < 1.29 is 27.5 Å². The van der Waals surface area contributed by atoms with E-state index in [-0.39, 0.29) is 36.2 Å². The first-order valence-corrected chi connectivity index (χ1v) is 11.7. The van der Waals surface area contributed by atoms with Crippen LogP contribution in [0, 0.1) is 5.92 Å². The number of rotatable bonds is 10. The predicted molar refractivity (Wildman–Crippen MR) is 120 cm³/mol. The van der Waals surface area contributed by atoms with E-state index in [1.165, 1.54) is 24.3 Å². The zero-order valence-corrected chi connectivity index (χ0v) is 18.9.